The number of carbonyl (C=O) groups is 1. The van der Waals surface area contributed by atoms with E-state index >= 15 is 0 Å². The van der Waals surface area contributed by atoms with Crippen molar-refractivity contribution in [2.24, 2.45) is 0 Å². The zero-order valence-electron chi connectivity index (χ0n) is 11.0. The number of nitrogens with one attached hydrogen (secondary N) is 1. The molecule has 2 rings (SSSR count). The normalized spacial score (nSPS) is 26.4. The Hall–Kier alpha value is -0.810. The topological polar surface area (TPSA) is 38.8 Å². The van der Waals surface area contributed by atoms with Crippen LogP contribution in [0, 0.1) is 0 Å². The molecule has 0 aromatic heterocycles. The monoisotopic (exact) mass is 240 g/mol. The number of likely N-dealkylation sites (N-methyl/N-ethyl adjacent to an activating group) is 1. The molecule has 0 aromatic rings. The van der Waals surface area contributed by atoms with Gasteiger partial charge in [0, 0.05) is 45.3 Å². The molecule has 0 aromatic carbocycles. The summed E-state index contributed by atoms with van der Waals surface area (Å²) in [7, 11) is 4.20. The van der Waals surface area contributed by atoms with Gasteiger partial charge in [-0.2, -0.15) is 0 Å². The second-order valence-corrected chi connectivity index (χ2v) is 5.23. The molecule has 2 fully saturated rings. The Morgan fingerprint density at radius 1 is 1.18 bits per heavy atom. The summed E-state index contributed by atoms with van der Waals surface area (Å²) >= 11 is 0. The standard InChI is InChI=1S/C12H24N4O/c1-14(2)11-4-3-7-16(10-11)12(17)15-8-5-13-6-9-15/h11,13H,3-10H2,1-2H3. The molecule has 0 radical (unpaired) electrons. The van der Waals surface area contributed by atoms with Crippen molar-refractivity contribution in [3.05, 3.63) is 0 Å². The van der Waals surface area contributed by atoms with E-state index in [2.05, 4.69) is 24.3 Å². The Bertz CT molecular complexity index is 263. The van der Waals surface area contributed by atoms with Crippen molar-refractivity contribution in [2.75, 3.05) is 53.4 Å². The maximum Gasteiger partial charge on any atom is 0.320 e. The van der Waals surface area contributed by atoms with Crippen LogP contribution >= 0.6 is 0 Å². The van der Waals surface area contributed by atoms with Crippen LogP contribution in [0.4, 0.5) is 4.79 Å². The molecule has 1 atom stereocenters. The minimum atomic E-state index is 0.234. The van der Waals surface area contributed by atoms with E-state index in [0.29, 0.717) is 6.04 Å². The van der Waals surface area contributed by atoms with E-state index in [1.54, 1.807) is 0 Å². The Kier molecular flexibility index (Phi) is 4.23. The van der Waals surface area contributed by atoms with Gasteiger partial charge in [0.05, 0.1) is 0 Å². The third kappa shape index (κ3) is 3.10. The molecular weight excluding hydrogens is 216 g/mol. The van der Waals surface area contributed by atoms with Crippen LogP contribution in [0.15, 0.2) is 0 Å². The third-order valence-corrected chi connectivity index (χ3v) is 3.78. The number of hydrogen-bond donors (Lipinski definition) is 1. The quantitative estimate of drug-likeness (QED) is 0.703. The average Bonchev–Trinajstić information content (AvgIpc) is 2.39. The van der Waals surface area contributed by atoms with Crippen LogP contribution in [0.1, 0.15) is 12.8 Å². The SMILES string of the molecule is CN(C)C1CCCN(C(=O)N2CCNCC2)C1. The first-order chi connectivity index (χ1) is 8.18. The molecule has 0 saturated carbocycles. The summed E-state index contributed by atoms with van der Waals surface area (Å²) in [6.45, 7) is 5.36. The average molecular weight is 240 g/mol. The van der Waals surface area contributed by atoms with Crippen molar-refractivity contribution in [2.45, 2.75) is 18.9 Å². The minimum Gasteiger partial charge on any atom is -0.323 e. The zero-order valence-corrected chi connectivity index (χ0v) is 11.0. The molecule has 5 heteroatoms. The second kappa shape index (κ2) is 5.69. The Morgan fingerprint density at radius 3 is 2.53 bits per heavy atom. The number of hydrogen-bond acceptors (Lipinski definition) is 3. The number of likely N-dealkylation sites (tertiary alicyclic amines) is 1. The third-order valence-electron chi connectivity index (χ3n) is 3.78. The van der Waals surface area contributed by atoms with Crippen LogP contribution in [-0.4, -0.2) is 80.1 Å². The first-order valence-electron chi connectivity index (χ1n) is 6.59. The minimum absolute atomic E-state index is 0.234. The number of urea groups is 1. The van der Waals surface area contributed by atoms with Crippen LogP contribution in [-0.2, 0) is 0 Å². The number of amides is 2. The highest BCUT2D eigenvalue weighted by atomic mass is 16.2. The molecule has 98 valence electrons. The molecule has 2 aliphatic rings. The molecule has 0 bridgehead atoms. The lowest BCUT2D eigenvalue weighted by molar-refractivity contribution is 0.109. The van der Waals surface area contributed by atoms with E-state index in [9.17, 15) is 4.79 Å². The fourth-order valence-corrected chi connectivity index (χ4v) is 2.61. The maximum atomic E-state index is 12.3. The van der Waals surface area contributed by atoms with E-state index in [1.807, 2.05) is 9.80 Å². The van der Waals surface area contributed by atoms with Crippen molar-refractivity contribution in [1.29, 1.82) is 0 Å². The van der Waals surface area contributed by atoms with Crippen LogP contribution < -0.4 is 5.32 Å². The van der Waals surface area contributed by atoms with Crippen molar-refractivity contribution in [3.63, 3.8) is 0 Å². The molecule has 1 N–H and O–H groups in total. The van der Waals surface area contributed by atoms with Crippen molar-refractivity contribution in [1.82, 2.24) is 20.0 Å². The molecule has 17 heavy (non-hydrogen) atoms. The van der Waals surface area contributed by atoms with Crippen molar-refractivity contribution < 1.29 is 4.79 Å². The molecule has 5 nitrogen and oxygen atoms in total. The van der Waals surface area contributed by atoms with Gasteiger partial charge < -0.3 is 20.0 Å². The predicted octanol–water partition coefficient (Wildman–Crippen LogP) is 0.0376. The first kappa shape index (κ1) is 12.6. The van der Waals surface area contributed by atoms with Gasteiger partial charge in [-0.1, -0.05) is 0 Å². The highest BCUT2D eigenvalue weighted by Crippen LogP contribution is 2.15. The molecule has 2 amide bonds. The molecule has 0 spiro atoms. The highest BCUT2D eigenvalue weighted by molar-refractivity contribution is 5.74. The van der Waals surface area contributed by atoms with Gasteiger partial charge in [0.15, 0.2) is 0 Å². The van der Waals surface area contributed by atoms with Crippen LogP contribution in [0.2, 0.25) is 0 Å². The predicted molar refractivity (Wildman–Crippen MR) is 68.1 cm³/mol. The van der Waals surface area contributed by atoms with Crippen molar-refractivity contribution in [3.8, 4) is 0 Å². The van der Waals surface area contributed by atoms with Crippen LogP contribution in [0.3, 0.4) is 0 Å². The molecular formula is C12H24N4O. The number of piperazine rings is 1. The van der Waals surface area contributed by atoms with Gasteiger partial charge in [-0.3, -0.25) is 0 Å². The highest BCUT2D eigenvalue weighted by Gasteiger charge is 2.28. The van der Waals surface area contributed by atoms with E-state index in [1.165, 1.54) is 6.42 Å². The van der Waals surface area contributed by atoms with E-state index in [0.717, 1.165) is 45.7 Å². The summed E-state index contributed by atoms with van der Waals surface area (Å²) in [4.78, 5) is 18.6. The summed E-state index contributed by atoms with van der Waals surface area (Å²) in [5, 5.41) is 3.28. The molecule has 0 aliphatic carbocycles. The van der Waals surface area contributed by atoms with Crippen LogP contribution in [0.25, 0.3) is 0 Å². The van der Waals surface area contributed by atoms with Gasteiger partial charge in [0.25, 0.3) is 0 Å². The number of carbonyl (C=O) groups excluding carboxylic acids is 1. The van der Waals surface area contributed by atoms with Gasteiger partial charge in [0.2, 0.25) is 0 Å². The lowest BCUT2D eigenvalue weighted by Crippen LogP contribution is -2.55. The van der Waals surface area contributed by atoms with Gasteiger partial charge in [-0.25, -0.2) is 4.79 Å². The number of nitrogens with zero attached hydrogens (tertiary/aromatic N) is 3. The van der Waals surface area contributed by atoms with E-state index in [4.69, 9.17) is 0 Å². The molecule has 1 unspecified atom stereocenters. The fourth-order valence-electron chi connectivity index (χ4n) is 2.61. The second-order valence-electron chi connectivity index (χ2n) is 5.23. The van der Waals surface area contributed by atoms with Gasteiger partial charge in [0.1, 0.15) is 0 Å². The van der Waals surface area contributed by atoms with Gasteiger partial charge in [-0.15, -0.1) is 0 Å². The zero-order chi connectivity index (χ0) is 12.3. The first-order valence-corrected chi connectivity index (χ1v) is 6.59. The van der Waals surface area contributed by atoms with Gasteiger partial charge >= 0.3 is 6.03 Å². The summed E-state index contributed by atoms with van der Waals surface area (Å²) < 4.78 is 0. The summed E-state index contributed by atoms with van der Waals surface area (Å²) in [5.74, 6) is 0. The number of rotatable bonds is 1. The summed E-state index contributed by atoms with van der Waals surface area (Å²) in [5.41, 5.74) is 0. The van der Waals surface area contributed by atoms with Gasteiger partial charge in [-0.05, 0) is 26.9 Å². The Morgan fingerprint density at radius 2 is 1.88 bits per heavy atom. The molecule has 2 saturated heterocycles. The summed E-state index contributed by atoms with van der Waals surface area (Å²) in [6, 6.07) is 0.758. The Balaban J connectivity index is 1.89. The summed E-state index contributed by atoms with van der Waals surface area (Å²) in [6.07, 6.45) is 2.33. The van der Waals surface area contributed by atoms with Crippen molar-refractivity contribution >= 4 is 6.03 Å². The lowest BCUT2D eigenvalue weighted by atomic mass is 10.1. The maximum absolute atomic E-state index is 12.3. The largest absolute Gasteiger partial charge is 0.323 e. The fraction of sp³-hybridized carbons (Fsp3) is 0.917. The van der Waals surface area contributed by atoms with E-state index in [-0.39, 0.29) is 6.03 Å². The van der Waals surface area contributed by atoms with E-state index < -0.39 is 0 Å². The number of piperidine rings is 1. The molecule has 2 heterocycles. The smallest absolute Gasteiger partial charge is 0.320 e. The lowest BCUT2D eigenvalue weighted by Gasteiger charge is -2.39. The molecule has 2 aliphatic heterocycles. The van der Waals surface area contributed by atoms with Crippen LogP contribution in [0.5, 0.6) is 0 Å². The Labute approximate surface area is 104 Å².